The van der Waals surface area contributed by atoms with Crippen molar-refractivity contribution in [2.24, 2.45) is 0 Å². The van der Waals surface area contributed by atoms with Crippen molar-refractivity contribution in [2.75, 3.05) is 25.6 Å². The maximum atomic E-state index is 12.1. The topological polar surface area (TPSA) is 94.6 Å². The molecule has 0 aliphatic rings. The normalized spacial score (nSPS) is 10.5. The molecule has 0 spiro atoms. The van der Waals surface area contributed by atoms with E-state index in [2.05, 4.69) is 10.3 Å². The van der Waals surface area contributed by atoms with E-state index in [9.17, 15) is 14.4 Å². The molecule has 0 fully saturated rings. The summed E-state index contributed by atoms with van der Waals surface area (Å²) in [6.07, 6.45) is 2.00. The third-order valence-electron chi connectivity index (χ3n) is 3.85. The molecule has 1 amide bonds. The zero-order valence-corrected chi connectivity index (χ0v) is 16.8. The standard InChI is InChI=1S/C20H24N2O5S/c1-14-5-9-18(28-14)17(24)8-6-15(23)7-10-19(25)22-16-4-3-11-21-20(16)27-13-12-26-2/h3-5,9,11H,6-8,10,12-13H2,1-2H3,(H,22,25). The maximum absolute atomic E-state index is 12.1. The summed E-state index contributed by atoms with van der Waals surface area (Å²) in [5, 5.41) is 2.70. The molecule has 0 radical (unpaired) electrons. The van der Waals surface area contributed by atoms with Crippen molar-refractivity contribution >= 4 is 34.5 Å². The Morgan fingerprint density at radius 3 is 2.57 bits per heavy atom. The maximum Gasteiger partial charge on any atom is 0.237 e. The van der Waals surface area contributed by atoms with E-state index in [1.807, 2.05) is 13.0 Å². The molecule has 1 N–H and O–H groups in total. The van der Waals surface area contributed by atoms with Crippen molar-refractivity contribution in [1.82, 2.24) is 4.98 Å². The molecule has 2 aromatic rings. The number of thiophene rings is 1. The number of aryl methyl sites for hydroxylation is 1. The minimum absolute atomic E-state index is 0.0379. The Morgan fingerprint density at radius 1 is 1.07 bits per heavy atom. The van der Waals surface area contributed by atoms with Gasteiger partial charge in [0.1, 0.15) is 18.1 Å². The van der Waals surface area contributed by atoms with E-state index in [-0.39, 0.29) is 43.2 Å². The van der Waals surface area contributed by atoms with E-state index in [0.29, 0.717) is 29.7 Å². The summed E-state index contributed by atoms with van der Waals surface area (Å²) in [5.41, 5.74) is 0.444. The summed E-state index contributed by atoms with van der Waals surface area (Å²) >= 11 is 1.42. The number of carbonyl (C=O) groups excluding carboxylic acids is 3. The van der Waals surface area contributed by atoms with Gasteiger partial charge in [-0.25, -0.2) is 4.98 Å². The van der Waals surface area contributed by atoms with Crippen LogP contribution in [0.5, 0.6) is 5.88 Å². The van der Waals surface area contributed by atoms with E-state index >= 15 is 0 Å². The number of amides is 1. The predicted molar refractivity (Wildman–Crippen MR) is 107 cm³/mol. The van der Waals surface area contributed by atoms with E-state index < -0.39 is 0 Å². The first-order valence-corrected chi connectivity index (χ1v) is 9.79. The number of aromatic nitrogens is 1. The second kappa shape index (κ2) is 11.3. The Labute approximate surface area is 168 Å². The van der Waals surface area contributed by atoms with Gasteiger partial charge in [0, 0.05) is 43.9 Å². The summed E-state index contributed by atoms with van der Waals surface area (Å²) in [5.74, 6) is -0.155. The van der Waals surface area contributed by atoms with Crippen molar-refractivity contribution in [3.8, 4) is 5.88 Å². The molecule has 0 atom stereocenters. The zero-order chi connectivity index (χ0) is 20.4. The van der Waals surface area contributed by atoms with Crippen LogP contribution >= 0.6 is 11.3 Å². The fourth-order valence-electron chi connectivity index (χ4n) is 2.37. The van der Waals surface area contributed by atoms with Gasteiger partial charge < -0.3 is 14.8 Å². The number of ketones is 2. The number of rotatable bonds is 12. The minimum atomic E-state index is -0.307. The predicted octanol–water partition coefficient (Wildman–Crippen LogP) is 3.43. The second-order valence-corrected chi connectivity index (χ2v) is 7.41. The van der Waals surface area contributed by atoms with Gasteiger partial charge in [0.05, 0.1) is 11.5 Å². The zero-order valence-electron chi connectivity index (χ0n) is 16.0. The van der Waals surface area contributed by atoms with E-state index in [4.69, 9.17) is 9.47 Å². The van der Waals surface area contributed by atoms with Gasteiger partial charge in [0.15, 0.2) is 5.78 Å². The first kappa shape index (κ1) is 21.7. The Bertz CT molecular complexity index is 818. The molecular weight excluding hydrogens is 380 g/mol. The summed E-state index contributed by atoms with van der Waals surface area (Å²) in [6, 6.07) is 7.02. The molecule has 28 heavy (non-hydrogen) atoms. The monoisotopic (exact) mass is 404 g/mol. The van der Waals surface area contributed by atoms with Crippen molar-refractivity contribution in [2.45, 2.75) is 32.6 Å². The van der Waals surface area contributed by atoms with Crippen LogP contribution in [0.1, 0.15) is 40.2 Å². The molecule has 0 unspecified atom stereocenters. The lowest BCUT2D eigenvalue weighted by molar-refractivity contribution is -0.122. The van der Waals surface area contributed by atoms with Gasteiger partial charge in [-0.1, -0.05) is 0 Å². The number of pyridine rings is 1. The highest BCUT2D eigenvalue weighted by Crippen LogP contribution is 2.21. The van der Waals surface area contributed by atoms with Gasteiger partial charge in [-0.3, -0.25) is 14.4 Å². The quantitative estimate of drug-likeness (QED) is 0.430. The number of hydrogen-bond acceptors (Lipinski definition) is 7. The molecule has 7 nitrogen and oxygen atoms in total. The Hall–Kier alpha value is -2.58. The molecular formula is C20H24N2O5S. The molecule has 0 aliphatic carbocycles. The highest BCUT2D eigenvalue weighted by atomic mass is 32.1. The van der Waals surface area contributed by atoms with Crippen LogP contribution in [0.2, 0.25) is 0 Å². The molecule has 0 aromatic carbocycles. The Morgan fingerprint density at radius 2 is 1.86 bits per heavy atom. The number of methoxy groups -OCH3 is 1. The van der Waals surface area contributed by atoms with Gasteiger partial charge in [0.2, 0.25) is 11.8 Å². The molecule has 2 rings (SSSR count). The van der Waals surface area contributed by atoms with Crippen LogP contribution in [0, 0.1) is 6.92 Å². The van der Waals surface area contributed by atoms with Crippen LogP contribution in [0.3, 0.4) is 0 Å². The van der Waals surface area contributed by atoms with E-state index in [0.717, 1.165) is 4.88 Å². The first-order chi connectivity index (χ1) is 13.5. The summed E-state index contributed by atoms with van der Waals surface area (Å²) in [7, 11) is 1.57. The fourth-order valence-corrected chi connectivity index (χ4v) is 3.21. The second-order valence-electron chi connectivity index (χ2n) is 6.12. The average Bonchev–Trinajstić information content (AvgIpc) is 3.12. The SMILES string of the molecule is COCCOc1ncccc1NC(=O)CCC(=O)CCC(=O)c1ccc(C)s1. The molecule has 0 saturated carbocycles. The summed E-state index contributed by atoms with van der Waals surface area (Å²) in [4.78, 5) is 42.0. The van der Waals surface area contributed by atoms with Crippen molar-refractivity contribution in [3.63, 3.8) is 0 Å². The largest absolute Gasteiger partial charge is 0.474 e. The molecule has 2 aromatic heterocycles. The lowest BCUT2D eigenvalue weighted by atomic mass is 10.1. The number of nitrogens with one attached hydrogen (secondary N) is 1. The molecule has 0 aliphatic heterocycles. The van der Waals surface area contributed by atoms with Crippen LogP contribution in [-0.2, 0) is 14.3 Å². The molecule has 0 bridgehead atoms. The van der Waals surface area contributed by atoms with Crippen LogP contribution in [-0.4, -0.2) is 42.8 Å². The molecule has 0 saturated heterocycles. The molecule has 2 heterocycles. The summed E-state index contributed by atoms with van der Waals surface area (Å²) < 4.78 is 10.4. The highest BCUT2D eigenvalue weighted by Gasteiger charge is 2.14. The Balaban J connectivity index is 1.74. The first-order valence-electron chi connectivity index (χ1n) is 8.97. The molecule has 150 valence electrons. The van der Waals surface area contributed by atoms with Gasteiger partial charge >= 0.3 is 0 Å². The van der Waals surface area contributed by atoms with E-state index in [1.54, 1.807) is 31.5 Å². The number of anilines is 1. The van der Waals surface area contributed by atoms with Crippen molar-refractivity contribution < 1.29 is 23.9 Å². The van der Waals surface area contributed by atoms with Crippen LogP contribution in [0.15, 0.2) is 30.5 Å². The lowest BCUT2D eigenvalue weighted by Crippen LogP contribution is -2.15. The summed E-state index contributed by atoms with van der Waals surface area (Å²) in [6.45, 7) is 2.65. The highest BCUT2D eigenvalue weighted by molar-refractivity contribution is 7.14. The van der Waals surface area contributed by atoms with Crippen molar-refractivity contribution in [1.29, 1.82) is 0 Å². The molecule has 8 heteroatoms. The number of hydrogen-bond donors (Lipinski definition) is 1. The minimum Gasteiger partial charge on any atom is -0.474 e. The van der Waals surface area contributed by atoms with Gasteiger partial charge in [-0.15, -0.1) is 11.3 Å². The van der Waals surface area contributed by atoms with Gasteiger partial charge in [-0.05, 0) is 31.2 Å². The third-order valence-corrected chi connectivity index (χ3v) is 4.89. The van der Waals surface area contributed by atoms with Crippen LogP contribution in [0.25, 0.3) is 0 Å². The number of carbonyl (C=O) groups is 3. The lowest BCUT2D eigenvalue weighted by Gasteiger charge is -2.10. The van der Waals surface area contributed by atoms with Crippen LogP contribution < -0.4 is 10.1 Å². The average molecular weight is 404 g/mol. The van der Waals surface area contributed by atoms with Gasteiger partial charge in [0.25, 0.3) is 0 Å². The number of nitrogens with zero attached hydrogens (tertiary/aromatic N) is 1. The van der Waals surface area contributed by atoms with E-state index in [1.165, 1.54) is 11.3 Å². The van der Waals surface area contributed by atoms with Crippen molar-refractivity contribution in [3.05, 3.63) is 40.2 Å². The van der Waals surface area contributed by atoms with Crippen LogP contribution in [0.4, 0.5) is 5.69 Å². The smallest absolute Gasteiger partial charge is 0.237 e. The third kappa shape index (κ3) is 7.21. The Kier molecular flexibility index (Phi) is 8.77. The number of ether oxygens (including phenoxy) is 2. The van der Waals surface area contributed by atoms with Gasteiger partial charge in [-0.2, -0.15) is 0 Å². The number of Topliss-reactive ketones (excluding diaryl/α,β-unsaturated/α-hetero) is 2. The fraction of sp³-hybridized carbons (Fsp3) is 0.400.